The zero-order chi connectivity index (χ0) is 20.9. The molecule has 1 fully saturated rings. The molecule has 29 heavy (non-hydrogen) atoms. The highest BCUT2D eigenvalue weighted by atomic mass is 35.5. The number of aryl methyl sites for hydroxylation is 1. The zero-order valence-corrected chi connectivity index (χ0v) is 17.6. The molecule has 1 aliphatic rings. The number of hydrogen-bond donors (Lipinski definition) is 4. The predicted molar refractivity (Wildman–Crippen MR) is 115 cm³/mol. The number of carboxylic acid groups (broad SMARTS) is 1. The van der Waals surface area contributed by atoms with Crippen LogP contribution in [0.5, 0.6) is 0 Å². The minimum atomic E-state index is -1.03. The van der Waals surface area contributed by atoms with E-state index >= 15 is 0 Å². The first-order valence-electron chi connectivity index (χ1n) is 8.78. The third kappa shape index (κ3) is 3.66. The SMILES string of the molecule is Cc1[nH]c(C(=O)Nc2nc3c(N4CC[C@H](N)C4)cc(C(=O)O)cc3s2)c(Cl)c1Cl. The van der Waals surface area contributed by atoms with Crippen molar-refractivity contribution < 1.29 is 14.7 Å². The van der Waals surface area contributed by atoms with Gasteiger partial charge in [0.05, 0.1) is 26.0 Å². The van der Waals surface area contributed by atoms with Gasteiger partial charge in [-0.2, -0.15) is 0 Å². The monoisotopic (exact) mass is 453 g/mol. The number of benzene rings is 1. The number of fused-ring (bicyclic) bond motifs is 1. The molecular formula is C18H17Cl2N5O3S. The van der Waals surface area contributed by atoms with E-state index in [0.29, 0.717) is 44.8 Å². The third-order valence-electron chi connectivity index (χ3n) is 4.79. The molecule has 0 aliphatic carbocycles. The van der Waals surface area contributed by atoms with Crippen LogP contribution in [0.15, 0.2) is 12.1 Å². The Balaban J connectivity index is 1.72. The third-order valence-corrected chi connectivity index (χ3v) is 6.65. The molecule has 0 bridgehead atoms. The van der Waals surface area contributed by atoms with Crippen molar-refractivity contribution in [3.8, 4) is 0 Å². The molecule has 1 aliphatic heterocycles. The number of thiazole rings is 1. The summed E-state index contributed by atoms with van der Waals surface area (Å²) < 4.78 is 0.655. The molecule has 152 valence electrons. The summed E-state index contributed by atoms with van der Waals surface area (Å²) in [6.45, 7) is 3.05. The van der Waals surface area contributed by atoms with Gasteiger partial charge in [0, 0.05) is 24.8 Å². The number of aromatic nitrogens is 2. The number of anilines is 2. The number of nitrogens with one attached hydrogen (secondary N) is 2. The Kier molecular flexibility index (Phi) is 5.16. The number of aromatic amines is 1. The average Bonchev–Trinajstić information content (AvgIpc) is 3.34. The van der Waals surface area contributed by atoms with Crippen LogP contribution in [0.4, 0.5) is 10.8 Å². The van der Waals surface area contributed by atoms with Crippen LogP contribution < -0.4 is 16.0 Å². The number of amides is 1. The van der Waals surface area contributed by atoms with Gasteiger partial charge in [0.25, 0.3) is 5.91 Å². The molecule has 3 heterocycles. The van der Waals surface area contributed by atoms with Gasteiger partial charge in [-0.1, -0.05) is 34.5 Å². The Labute approximate surface area is 179 Å². The summed E-state index contributed by atoms with van der Waals surface area (Å²) in [4.78, 5) is 33.6. The number of nitrogens with two attached hydrogens (primary N) is 1. The molecule has 1 saturated heterocycles. The number of hydrogen-bond acceptors (Lipinski definition) is 6. The van der Waals surface area contributed by atoms with Crippen molar-refractivity contribution in [3.05, 3.63) is 39.1 Å². The fourth-order valence-electron chi connectivity index (χ4n) is 3.32. The first-order valence-corrected chi connectivity index (χ1v) is 10.3. The van der Waals surface area contributed by atoms with Crippen LogP contribution in [-0.4, -0.2) is 46.1 Å². The maximum atomic E-state index is 12.6. The summed E-state index contributed by atoms with van der Waals surface area (Å²) in [5, 5.41) is 12.9. The topological polar surface area (TPSA) is 124 Å². The lowest BCUT2D eigenvalue weighted by atomic mass is 10.1. The number of H-pyrrole nitrogens is 1. The van der Waals surface area contributed by atoms with Crippen molar-refractivity contribution in [2.75, 3.05) is 23.3 Å². The molecule has 11 heteroatoms. The highest BCUT2D eigenvalue weighted by molar-refractivity contribution is 7.22. The summed E-state index contributed by atoms with van der Waals surface area (Å²) in [6.07, 6.45) is 0.817. The quantitative estimate of drug-likeness (QED) is 0.476. The lowest BCUT2D eigenvalue weighted by Crippen LogP contribution is -2.26. The molecule has 0 spiro atoms. The van der Waals surface area contributed by atoms with Gasteiger partial charge in [-0.05, 0) is 25.5 Å². The van der Waals surface area contributed by atoms with E-state index in [2.05, 4.69) is 15.3 Å². The number of carboxylic acids is 1. The van der Waals surface area contributed by atoms with Gasteiger partial charge >= 0.3 is 5.97 Å². The fraction of sp³-hybridized carbons (Fsp3) is 0.278. The average molecular weight is 454 g/mol. The number of carbonyl (C=O) groups excluding carboxylic acids is 1. The molecule has 0 radical (unpaired) electrons. The van der Waals surface area contributed by atoms with Gasteiger partial charge in [0.15, 0.2) is 5.13 Å². The molecule has 0 unspecified atom stereocenters. The van der Waals surface area contributed by atoms with Crippen LogP contribution >= 0.6 is 34.5 Å². The van der Waals surface area contributed by atoms with Gasteiger partial charge in [0.1, 0.15) is 11.2 Å². The maximum Gasteiger partial charge on any atom is 0.335 e. The lowest BCUT2D eigenvalue weighted by Gasteiger charge is -2.19. The van der Waals surface area contributed by atoms with E-state index in [1.807, 2.05) is 4.90 Å². The van der Waals surface area contributed by atoms with Gasteiger partial charge < -0.3 is 20.7 Å². The molecule has 5 N–H and O–H groups in total. The Morgan fingerprint density at radius 1 is 1.38 bits per heavy atom. The first kappa shape index (κ1) is 20.0. The summed E-state index contributed by atoms with van der Waals surface area (Å²) in [5.41, 5.74) is 8.21. The van der Waals surface area contributed by atoms with Crippen molar-refractivity contribution in [1.82, 2.24) is 9.97 Å². The summed E-state index contributed by atoms with van der Waals surface area (Å²) in [5.74, 6) is -1.51. The lowest BCUT2D eigenvalue weighted by molar-refractivity contribution is 0.0697. The van der Waals surface area contributed by atoms with E-state index in [1.165, 1.54) is 11.3 Å². The zero-order valence-electron chi connectivity index (χ0n) is 15.3. The molecule has 1 aromatic carbocycles. The second-order valence-corrected chi connectivity index (χ2v) is 8.65. The van der Waals surface area contributed by atoms with E-state index in [4.69, 9.17) is 28.9 Å². The molecule has 3 aromatic rings. The van der Waals surface area contributed by atoms with E-state index in [9.17, 15) is 14.7 Å². The summed E-state index contributed by atoms with van der Waals surface area (Å²) in [6, 6.07) is 3.17. The minimum absolute atomic E-state index is 0.0272. The Morgan fingerprint density at radius 2 is 2.14 bits per heavy atom. The van der Waals surface area contributed by atoms with Gasteiger partial charge in [-0.3, -0.25) is 10.1 Å². The van der Waals surface area contributed by atoms with Crippen LogP contribution in [0.1, 0.15) is 33.0 Å². The van der Waals surface area contributed by atoms with Crippen molar-refractivity contribution in [2.45, 2.75) is 19.4 Å². The van der Waals surface area contributed by atoms with Crippen LogP contribution in [0, 0.1) is 6.92 Å². The van der Waals surface area contributed by atoms with E-state index < -0.39 is 11.9 Å². The number of nitrogens with zero attached hydrogens (tertiary/aromatic N) is 2. The molecular weight excluding hydrogens is 437 g/mol. The molecule has 1 amide bonds. The Morgan fingerprint density at radius 3 is 2.72 bits per heavy atom. The summed E-state index contributed by atoms with van der Waals surface area (Å²) >= 11 is 13.3. The maximum absolute atomic E-state index is 12.6. The van der Waals surface area contributed by atoms with E-state index in [0.717, 1.165) is 6.42 Å². The standard InChI is InChI=1S/C18H17Cl2N5O3S/c1-7-12(19)13(20)15(22-7)16(26)24-18-23-14-10(25-3-2-9(21)6-25)4-8(17(27)28)5-11(14)29-18/h4-5,9,22H,2-3,6,21H2,1H3,(H,27,28)(H,23,24,26)/t9-/m0/s1. The highest BCUT2D eigenvalue weighted by Gasteiger charge is 2.25. The van der Waals surface area contributed by atoms with Gasteiger partial charge in [-0.15, -0.1) is 0 Å². The normalized spacial score (nSPS) is 16.6. The van der Waals surface area contributed by atoms with Crippen molar-refractivity contribution in [2.24, 2.45) is 5.73 Å². The van der Waals surface area contributed by atoms with Crippen LogP contribution in [0.2, 0.25) is 10.0 Å². The number of halogens is 2. The summed E-state index contributed by atoms with van der Waals surface area (Å²) in [7, 11) is 0. The molecule has 2 aromatic heterocycles. The minimum Gasteiger partial charge on any atom is -0.478 e. The van der Waals surface area contributed by atoms with Crippen LogP contribution in [0.3, 0.4) is 0 Å². The first-order chi connectivity index (χ1) is 13.7. The second-order valence-electron chi connectivity index (χ2n) is 6.87. The molecule has 8 nitrogen and oxygen atoms in total. The van der Waals surface area contributed by atoms with Crippen molar-refractivity contribution in [3.63, 3.8) is 0 Å². The van der Waals surface area contributed by atoms with Crippen LogP contribution in [0.25, 0.3) is 10.2 Å². The highest BCUT2D eigenvalue weighted by Crippen LogP contribution is 2.36. The van der Waals surface area contributed by atoms with E-state index in [1.54, 1.807) is 19.1 Å². The van der Waals surface area contributed by atoms with Crippen LogP contribution in [-0.2, 0) is 0 Å². The molecule has 0 saturated carbocycles. The molecule has 4 rings (SSSR count). The fourth-order valence-corrected chi connectivity index (χ4v) is 4.66. The number of carbonyl (C=O) groups is 2. The van der Waals surface area contributed by atoms with Gasteiger partial charge in [0.2, 0.25) is 0 Å². The van der Waals surface area contributed by atoms with Crippen molar-refractivity contribution in [1.29, 1.82) is 0 Å². The second kappa shape index (κ2) is 7.49. The smallest absolute Gasteiger partial charge is 0.335 e. The largest absolute Gasteiger partial charge is 0.478 e. The van der Waals surface area contributed by atoms with Gasteiger partial charge in [-0.25, -0.2) is 9.78 Å². The van der Waals surface area contributed by atoms with E-state index in [-0.39, 0.29) is 22.3 Å². The number of aromatic carboxylic acids is 1. The number of rotatable bonds is 4. The predicted octanol–water partition coefficient (Wildman–Crippen LogP) is 3.73. The molecule has 1 atom stereocenters. The Hall–Kier alpha value is -2.33. The van der Waals surface area contributed by atoms with Crippen molar-refractivity contribution >= 4 is 67.5 Å². The Bertz CT molecular complexity index is 1140.